The highest BCUT2D eigenvalue weighted by Gasteiger charge is 2.32. The number of nitrogens with one attached hydrogen (secondary N) is 1. The third-order valence-electron chi connectivity index (χ3n) is 5.50. The molecular formula is C21H30N2O2. The summed E-state index contributed by atoms with van der Waals surface area (Å²) in [7, 11) is 0. The summed E-state index contributed by atoms with van der Waals surface area (Å²) in [6.45, 7) is 11.7. The maximum absolute atomic E-state index is 12.8. The number of aromatic nitrogens is 1. The van der Waals surface area contributed by atoms with Crippen molar-refractivity contribution in [1.29, 1.82) is 0 Å². The highest BCUT2D eigenvalue weighted by molar-refractivity contribution is 5.98. The Bertz CT molecular complexity index is 769. The number of piperidine rings is 1. The lowest BCUT2D eigenvalue weighted by Gasteiger charge is -2.37. The third-order valence-corrected chi connectivity index (χ3v) is 5.50. The molecule has 0 saturated carbocycles. The molecule has 1 aromatic heterocycles. The molecule has 2 N–H and O–H groups in total. The van der Waals surface area contributed by atoms with Gasteiger partial charge in [-0.2, -0.15) is 0 Å². The fourth-order valence-electron chi connectivity index (χ4n) is 3.67. The van der Waals surface area contributed by atoms with E-state index >= 15 is 0 Å². The molecule has 1 aliphatic rings. The van der Waals surface area contributed by atoms with Gasteiger partial charge in [-0.25, -0.2) is 0 Å². The van der Waals surface area contributed by atoms with Crippen molar-refractivity contribution in [3.8, 4) is 0 Å². The van der Waals surface area contributed by atoms with E-state index in [1.165, 1.54) is 5.56 Å². The van der Waals surface area contributed by atoms with Crippen LogP contribution in [0.1, 0.15) is 63.5 Å². The first-order valence-corrected chi connectivity index (χ1v) is 9.20. The van der Waals surface area contributed by atoms with Gasteiger partial charge in [0.2, 0.25) is 0 Å². The summed E-state index contributed by atoms with van der Waals surface area (Å²) < 4.78 is 0. The summed E-state index contributed by atoms with van der Waals surface area (Å²) in [5, 5.41) is 11.2. The van der Waals surface area contributed by atoms with Gasteiger partial charge in [-0.3, -0.25) is 4.79 Å². The highest BCUT2D eigenvalue weighted by atomic mass is 16.3. The molecular weight excluding hydrogens is 312 g/mol. The van der Waals surface area contributed by atoms with Crippen molar-refractivity contribution in [3.05, 3.63) is 35.5 Å². The molecule has 1 fully saturated rings. The number of benzene rings is 1. The van der Waals surface area contributed by atoms with Crippen molar-refractivity contribution in [2.24, 2.45) is 5.92 Å². The zero-order chi connectivity index (χ0) is 18.4. The van der Waals surface area contributed by atoms with Crippen molar-refractivity contribution >= 4 is 16.8 Å². The standard InChI is InChI=1S/C21H30N2O2/c1-20(2,3)16-6-7-17-14(12-16)13-18(22-17)19(24)23-10-8-15(9-11-23)21(4,5)25/h6-7,12-13,15,22,25H,8-11H2,1-5H3. The Kier molecular flexibility index (Phi) is 4.44. The van der Waals surface area contributed by atoms with Gasteiger partial charge in [-0.15, -0.1) is 0 Å². The van der Waals surface area contributed by atoms with E-state index in [-0.39, 0.29) is 17.2 Å². The normalized spacial score (nSPS) is 17.3. The summed E-state index contributed by atoms with van der Waals surface area (Å²) in [5.41, 5.74) is 2.35. The summed E-state index contributed by atoms with van der Waals surface area (Å²) in [6.07, 6.45) is 1.70. The quantitative estimate of drug-likeness (QED) is 0.864. The summed E-state index contributed by atoms with van der Waals surface area (Å²) in [4.78, 5) is 18.0. The molecule has 0 atom stereocenters. The lowest BCUT2D eigenvalue weighted by Crippen LogP contribution is -2.44. The van der Waals surface area contributed by atoms with Gasteiger partial charge < -0.3 is 15.0 Å². The monoisotopic (exact) mass is 342 g/mol. The van der Waals surface area contributed by atoms with E-state index in [0.29, 0.717) is 18.8 Å². The predicted molar refractivity (Wildman–Crippen MR) is 102 cm³/mol. The first kappa shape index (κ1) is 18.0. The van der Waals surface area contributed by atoms with Crippen LogP contribution in [-0.4, -0.2) is 39.6 Å². The lowest BCUT2D eigenvalue weighted by molar-refractivity contribution is -0.0108. The molecule has 0 bridgehead atoms. The molecule has 0 aliphatic carbocycles. The number of likely N-dealkylation sites (tertiary alicyclic amines) is 1. The zero-order valence-corrected chi connectivity index (χ0v) is 16.0. The van der Waals surface area contributed by atoms with Crippen LogP contribution in [0.5, 0.6) is 0 Å². The van der Waals surface area contributed by atoms with E-state index in [4.69, 9.17) is 0 Å². The van der Waals surface area contributed by atoms with Crippen LogP contribution >= 0.6 is 0 Å². The van der Waals surface area contributed by atoms with Crippen molar-refractivity contribution in [1.82, 2.24) is 9.88 Å². The number of carbonyl (C=O) groups excluding carboxylic acids is 1. The summed E-state index contributed by atoms with van der Waals surface area (Å²) in [5.74, 6) is 0.316. The molecule has 25 heavy (non-hydrogen) atoms. The minimum atomic E-state index is -0.667. The number of aromatic amines is 1. The Morgan fingerprint density at radius 3 is 2.32 bits per heavy atom. The van der Waals surface area contributed by atoms with Crippen LogP contribution in [0, 0.1) is 5.92 Å². The molecule has 4 heteroatoms. The topological polar surface area (TPSA) is 56.3 Å². The second-order valence-corrected chi connectivity index (χ2v) is 8.96. The SMILES string of the molecule is CC(C)(C)c1ccc2[nH]c(C(=O)N3CCC(C(C)(C)O)CC3)cc2c1. The number of H-pyrrole nitrogens is 1. The number of aliphatic hydroxyl groups is 1. The Morgan fingerprint density at radius 1 is 1.12 bits per heavy atom. The van der Waals surface area contributed by atoms with Crippen LogP contribution in [0.25, 0.3) is 10.9 Å². The predicted octanol–water partition coefficient (Wildman–Crippen LogP) is 4.09. The third kappa shape index (κ3) is 3.74. The largest absolute Gasteiger partial charge is 0.390 e. The molecule has 1 saturated heterocycles. The molecule has 1 aliphatic heterocycles. The number of hydrogen-bond donors (Lipinski definition) is 2. The number of fused-ring (bicyclic) bond motifs is 1. The van der Waals surface area contributed by atoms with Gasteiger partial charge in [0.05, 0.1) is 5.60 Å². The number of hydrogen-bond acceptors (Lipinski definition) is 2. The van der Waals surface area contributed by atoms with Crippen LogP contribution in [-0.2, 0) is 5.41 Å². The molecule has 0 unspecified atom stereocenters. The highest BCUT2D eigenvalue weighted by Crippen LogP contribution is 2.30. The Hall–Kier alpha value is -1.81. The lowest BCUT2D eigenvalue weighted by atomic mass is 9.83. The Morgan fingerprint density at radius 2 is 1.76 bits per heavy atom. The first-order chi connectivity index (χ1) is 11.6. The van der Waals surface area contributed by atoms with Crippen LogP contribution in [0.3, 0.4) is 0 Å². The fraction of sp³-hybridized carbons (Fsp3) is 0.571. The second-order valence-electron chi connectivity index (χ2n) is 8.96. The van der Waals surface area contributed by atoms with E-state index < -0.39 is 5.60 Å². The Balaban J connectivity index is 1.77. The maximum Gasteiger partial charge on any atom is 0.270 e. The van der Waals surface area contributed by atoms with Crippen molar-refractivity contribution in [2.75, 3.05) is 13.1 Å². The first-order valence-electron chi connectivity index (χ1n) is 9.20. The van der Waals surface area contributed by atoms with Crippen LogP contribution < -0.4 is 0 Å². The molecule has 3 rings (SSSR count). The van der Waals surface area contributed by atoms with Crippen molar-refractivity contribution in [2.45, 2.75) is 58.5 Å². The van der Waals surface area contributed by atoms with Gasteiger partial charge in [0.25, 0.3) is 5.91 Å². The molecule has 1 aromatic carbocycles. The van der Waals surface area contributed by atoms with Crippen LogP contribution in [0.15, 0.2) is 24.3 Å². The molecule has 1 amide bonds. The van der Waals surface area contributed by atoms with E-state index in [1.54, 1.807) is 0 Å². The molecule has 4 nitrogen and oxygen atoms in total. The minimum absolute atomic E-state index is 0.0581. The fourth-order valence-corrected chi connectivity index (χ4v) is 3.67. The van der Waals surface area contributed by atoms with Gasteiger partial charge >= 0.3 is 0 Å². The van der Waals surface area contributed by atoms with E-state index in [0.717, 1.165) is 23.7 Å². The average Bonchev–Trinajstić information content (AvgIpc) is 2.95. The van der Waals surface area contributed by atoms with Crippen molar-refractivity contribution in [3.63, 3.8) is 0 Å². The number of amides is 1. The van der Waals surface area contributed by atoms with E-state index in [1.807, 2.05) is 24.8 Å². The molecule has 0 radical (unpaired) electrons. The molecule has 2 heterocycles. The number of rotatable bonds is 2. The second kappa shape index (κ2) is 6.17. The average molecular weight is 342 g/mol. The van der Waals surface area contributed by atoms with E-state index in [9.17, 15) is 9.90 Å². The smallest absolute Gasteiger partial charge is 0.270 e. The van der Waals surface area contributed by atoms with Gasteiger partial charge in [0.15, 0.2) is 0 Å². The Labute approximate surface area is 150 Å². The van der Waals surface area contributed by atoms with Crippen LogP contribution in [0.2, 0.25) is 0 Å². The van der Waals surface area contributed by atoms with Gasteiger partial charge in [0.1, 0.15) is 5.69 Å². The van der Waals surface area contributed by atoms with Gasteiger partial charge in [-0.1, -0.05) is 26.8 Å². The van der Waals surface area contributed by atoms with Crippen LogP contribution in [0.4, 0.5) is 0 Å². The number of nitrogens with zero attached hydrogens (tertiary/aromatic N) is 1. The minimum Gasteiger partial charge on any atom is -0.390 e. The van der Waals surface area contributed by atoms with Gasteiger partial charge in [-0.05, 0) is 61.8 Å². The maximum atomic E-state index is 12.8. The molecule has 0 spiro atoms. The molecule has 136 valence electrons. The van der Waals surface area contributed by atoms with Crippen molar-refractivity contribution < 1.29 is 9.90 Å². The number of carbonyl (C=O) groups is 1. The van der Waals surface area contributed by atoms with Gasteiger partial charge in [0, 0.05) is 24.0 Å². The van der Waals surface area contributed by atoms with E-state index in [2.05, 4.69) is 44.0 Å². The summed E-state index contributed by atoms with van der Waals surface area (Å²) in [6, 6.07) is 8.33. The summed E-state index contributed by atoms with van der Waals surface area (Å²) >= 11 is 0. The zero-order valence-electron chi connectivity index (χ0n) is 16.0. The molecule has 2 aromatic rings.